The van der Waals surface area contributed by atoms with Crippen molar-refractivity contribution in [2.75, 3.05) is 39.0 Å². The Kier molecular flexibility index (Phi) is 8.48. The Morgan fingerprint density at radius 3 is 2.60 bits per heavy atom. The lowest BCUT2D eigenvalue weighted by Crippen LogP contribution is -2.32. The number of hydrogen-bond acceptors (Lipinski definition) is 10. The van der Waals surface area contributed by atoms with E-state index >= 15 is 0 Å². The normalized spacial score (nSPS) is 21.4. The highest BCUT2D eigenvalue weighted by Crippen LogP contribution is 2.42. The van der Waals surface area contributed by atoms with E-state index in [-0.39, 0.29) is 5.92 Å². The highest BCUT2D eigenvalue weighted by molar-refractivity contribution is 7.86. The number of aryl methyl sites for hydroxylation is 1. The maximum absolute atomic E-state index is 12.8. The van der Waals surface area contributed by atoms with Gasteiger partial charge in [-0.1, -0.05) is 12.1 Å². The van der Waals surface area contributed by atoms with Crippen molar-refractivity contribution in [3.63, 3.8) is 0 Å². The molecule has 14 heteroatoms. The van der Waals surface area contributed by atoms with Gasteiger partial charge in [0.25, 0.3) is 10.1 Å². The predicted octanol–water partition coefficient (Wildman–Crippen LogP) is 3.94. The minimum Gasteiger partial charge on any atom is -0.497 e. The van der Waals surface area contributed by atoms with Crippen LogP contribution in [0.15, 0.2) is 48.7 Å². The summed E-state index contributed by atoms with van der Waals surface area (Å²) in [5.74, 6) is 1.61. The van der Waals surface area contributed by atoms with Crippen LogP contribution in [0, 0.1) is 6.92 Å². The molecule has 0 spiro atoms. The smallest absolute Gasteiger partial charge is 0.320 e. The SMILES string of the molecule is COc1ccc(CNC(=O)Nc2cc3c(cn2)c(C2CC(OS(C)(=O)=O)C2)nn3-c2cc(C)cc([C@]3(OC)CCOC3)n2)cc1. The van der Waals surface area contributed by atoms with Crippen LogP contribution < -0.4 is 15.4 Å². The van der Waals surface area contributed by atoms with Gasteiger partial charge in [-0.25, -0.2) is 19.4 Å². The van der Waals surface area contributed by atoms with Crippen molar-refractivity contribution in [2.24, 2.45) is 0 Å². The first kappa shape index (κ1) is 30.9. The highest BCUT2D eigenvalue weighted by Gasteiger charge is 2.39. The van der Waals surface area contributed by atoms with Crippen LogP contribution in [0.25, 0.3) is 16.7 Å². The summed E-state index contributed by atoms with van der Waals surface area (Å²) < 4.78 is 47.0. The minimum absolute atomic E-state index is 0.0354. The van der Waals surface area contributed by atoms with Crippen molar-refractivity contribution in [1.82, 2.24) is 25.1 Å². The second-order valence-electron chi connectivity index (χ2n) is 11.5. The summed E-state index contributed by atoms with van der Waals surface area (Å²) in [6.07, 6.45) is 4.02. The Hall–Kier alpha value is -4.11. The summed E-state index contributed by atoms with van der Waals surface area (Å²) in [7, 11) is -0.298. The number of hydrogen-bond donors (Lipinski definition) is 2. The number of urea groups is 1. The molecule has 0 bridgehead atoms. The first-order valence-corrected chi connectivity index (χ1v) is 16.4. The van der Waals surface area contributed by atoms with Gasteiger partial charge in [0, 0.05) is 50.2 Å². The summed E-state index contributed by atoms with van der Waals surface area (Å²) >= 11 is 0. The number of amides is 2. The Balaban J connectivity index is 1.31. The quantitative estimate of drug-likeness (QED) is 0.245. The van der Waals surface area contributed by atoms with Gasteiger partial charge in [-0.2, -0.15) is 13.5 Å². The molecule has 238 valence electrons. The van der Waals surface area contributed by atoms with Gasteiger partial charge in [0.15, 0.2) is 5.82 Å². The molecule has 2 amide bonds. The summed E-state index contributed by atoms with van der Waals surface area (Å²) in [5.41, 5.74) is 3.43. The third-order valence-corrected chi connectivity index (χ3v) is 8.88. The zero-order valence-corrected chi connectivity index (χ0v) is 26.4. The van der Waals surface area contributed by atoms with Crippen LogP contribution in [0.1, 0.15) is 47.7 Å². The number of rotatable bonds is 10. The molecule has 4 aromatic rings. The van der Waals surface area contributed by atoms with Crippen LogP contribution in [-0.2, 0) is 35.9 Å². The van der Waals surface area contributed by atoms with E-state index in [1.54, 1.807) is 31.2 Å². The van der Waals surface area contributed by atoms with E-state index in [9.17, 15) is 13.2 Å². The van der Waals surface area contributed by atoms with Crippen LogP contribution in [0.3, 0.4) is 0 Å². The van der Waals surface area contributed by atoms with E-state index in [2.05, 4.69) is 15.6 Å². The summed E-state index contributed by atoms with van der Waals surface area (Å²) in [4.78, 5) is 22.3. The van der Waals surface area contributed by atoms with E-state index in [4.69, 9.17) is 28.5 Å². The molecule has 6 rings (SSSR count). The molecular weight excluding hydrogens is 600 g/mol. The molecule has 2 aliphatic rings. The molecular formula is C31H36N6O7S. The summed E-state index contributed by atoms with van der Waals surface area (Å²) in [5, 5.41) is 11.4. The first-order chi connectivity index (χ1) is 21.6. The van der Waals surface area contributed by atoms with Crippen LogP contribution in [-0.4, -0.2) is 74.0 Å². The van der Waals surface area contributed by atoms with Gasteiger partial charge < -0.3 is 19.5 Å². The molecule has 2 fully saturated rings. The van der Waals surface area contributed by atoms with E-state index in [0.717, 1.165) is 39.9 Å². The van der Waals surface area contributed by atoms with Gasteiger partial charge in [0.2, 0.25) is 0 Å². The molecule has 1 aliphatic carbocycles. The molecule has 0 radical (unpaired) electrons. The third kappa shape index (κ3) is 6.64. The predicted molar refractivity (Wildman–Crippen MR) is 166 cm³/mol. The van der Waals surface area contributed by atoms with Gasteiger partial charge in [0.1, 0.15) is 17.2 Å². The lowest BCUT2D eigenvalue weighted by molar-refractivity contribution is -0.0246. The number of anilines is 1. The molecule has 3 aromatic heterocycles. The number of benzene rings is 1. The molecule has 1 aromatic carbocycles. The molecule has 2 N–H and O–H groups in total. The lowest BCUT2D eigenvalue weighted by Gasteiger charge is -2.33. The second-order valence-corrected chi connectivity index (χ2v) is 13.1. The number of pyridine rings is 2. The highest BCUT2D eigenvalue weighted by atomic mass is 32.2. The van der Waals surface area contributed by atoms with E-state index in [1.165, 1.54) is 0 Å². The Morgan fingerprint density at radius 2 is 1.93 bits per heavy atom. The Bertz CT molecular complexity index is 1810. The summed E-state index contributed by atoms with van der Waals surface area (Å²) in [6, 6.07) is 12.7. The average molecular weight is 637 g/mol. The van der Waals surface area contributed by atoms with Crippen LogP contribution >= 0.6 is 0 Å². The standard InChI is InChI=1S/C31H36N6O7S/c1-19-11-26(31(42-3)9-10-43-18-31)34-28(12-19)37-25-15-27(35-30(38)33-16-20-5-7-22(41-2)8-6-20)32-17-24(25)29(36-37)21-13-23(14-21)44-45(4,39)40/h5-8,11-12,15,17,21,23H,9-10,13-14,16,18H2,1-4H3,(H2,32,33,35,38)/t21?,23?,31-/m0/s1. The van der Waals surface area contributed by atoms with Crippen molar-refractivity contribution >= 4 is 32.9 Å². The fourth-order valence-electron chi connectivity index (χ4n) is 5.78. The van der Waals surface area contributed by atoms with Crippen LogP contribution in [0.5, 0.6) is 5.75 Å². The molecule has 1 saturated carbocycles. The maximum Gasteiger partial charge on any atom is 0.320 e. The molecule has 0 unspecified atom stereocenters. The lowest BCUT2D eigenvalue weighted by atomic mass is 9.79. The van der Waals surface area contributed by atoms with Crippen molar-refractivity contribution in [1.29, 1.82) is 0 Å². The number of aromatic nitrogens is 4. The van der Waals surface area contributed by atoms with Gasteiger partial charge in [0.05, 0.1) is 43.0 Å². The van der Waals surface area contributed by atoms with E-state index < -0.39 is 27.9 Å². The number of ether oxygens (including phenoxy) is 3. The second kappa shape index (κ2) is 12.4. The van der Waals surface area contributed by atoms with Crippen molar-refractivity contribution in [3.05, 3.63) is 71.2 Å². The van der Waals surface area contributed by atoms with Crippen LogP contribution in [0.4, 0.5) is 10.6 Å². The van der Waals surface area contributed by atoms with Gasteiger partial charge >= 0.3 is 6.03 Å². The minimum atomic E-state index is -3.56. The molecule has 45 heavy (non-hydrogen) atoms. The number of methoxy groups -OCH3 is 2. The Labute approximate surface area is 261 Å². The van der Waals surface area contributed by atoms with Gasteiger partial charge in [-0.05, 0) is 55.2 Å². The topological polar surface area (TPSA) is 156 Å². The number of nitrogens with one attached hydrogen (secondary N) is 2. The van der Waals surface area contributed by atoms with E-state index in [0.29, 0.717) is 56.2 Å². The van der Waals surface area contributed by atoms with Gasteiger partial charge in [-0.3, -0.25) is 9.50 Å². The number of nitrogens with zero attached hydrogens (tertiary/aromatic N) is 4. The molecule has 1 aliphatic heterocycles. The zero-order chi connectivity index (χ0) is 31.8. The maximum atomic E-state index is 12.8. The average Bonchev–Trinajstić information content (AvgIpc) is 3.63. The monoisotopic (exact) mass is 636 g/mol. The Morgan fingerprint density at radius 1 is 1.16 bits per heavy atom. The van der Waals surface area contributed by atoms with Crippen molar-refractivity contribution in [2.45, 2.75) is 50.4 Å². The third-order valence-electron chi connectivity index (χ3n) is 8.26. The number of carbonyl (C=O) groups excluding carboxylic acids is 1. The van der Waals surface area contributed by atoms with Gasteiger partial charge in [-0.15, -0.1) is 0 Å². The molecule has 1 atom stereocenters. The summed E-state index contributed by atoms with van der Waals surface area (Å²) in [6.45, 7) is 3.28. The zero-order valence-electron chi connectivity index (χ0n) is 25.6. The molecule has 1 saturated heterocycles. The largest absolute Gasteiger partial charge is 0.497 e. The number of fused-ring (bicyclic) bond motifs is 1. The fraction of sp³-hybridized carbons (Fsp3) is 0.419. The van der Waals surface area contributed by atoms with Crippen molar-refractivity contribution < 1.29 is 31.6 Å². The van der Waals surface area contributed by atoms with Crippen molar-refractivity contribution in [3.8, 4) is 11.6 Å². The number of carbonyl (C=O) groups is 1. The first-order valence-electron chi connectivity index (χ1n) is 14.6. The van der Waals surface area contributed by atoms with Crippen LogP contribution in [0.2, 0.25) is 0 Å². The molecule has 13 nitrogen and oxygen atoms in total. The fourth-order valence-corrected chi connectivity index (χ4v) is 6.43. The van der Waals surface area contributed by atoms with E-state index in [1.807, 2.05) is 43.3 Å². The molecule has 4 heterocycles.